The van der Waals surface area contributed by atoms with Crippen LogP contribution in [0.1, 0.15) is 25.0 Å². The molecule has 0 unspecified atom stereocenters. The lowest BCUT2D eigenvalue weighted by Gasteiger charge is -2.22. The molecule has 0 aliphatic carbocycles. The van der Waals surface area contributed by atoms with E-state index in [0.29, 0.717) is 0 Å². The molecule has 1 aliphatic rings. The number of hydrogen-bond donors (Lipinski definition) is 1. The summed E-state index contributed by atoms with van der Waals surface area (Å²) in [5.74, 6) is 0.746. The Morgan fingerprint density at radius 2 is 2.19 bits per heavy atom. The molecule has 1 N–H and O–H groups in total. The van der Waals surface area contributed by atoms with Crippen LogP contribution in [0.15, 0.2) is 16.9 Å². The van der Waals surface area contributed by atoms with Crippen LogP contribution >= 0.6 is 0 Å². The van der Waals surface area contributed by atoms with E-state index in [0.717, 1.165) is 37.7 Å². The summed E-state index contributed by atoms with van der Waals surface area (Å²) in [7, 11) is 0. The monoisotopic (exact) mass is 221 g/mol. The maximum absolute atomic E-state index is 11.5. The maximum atomic E-state index is 11.5. The second-order valence-corrected chi connectivity index (χ2v) is 4.52. The maximum Gasteiger partial charge on any atom is 0.266 e. The summed E-state index contributed by atoms with van der Waals surface area (Å²) in [5, 5.41) is 7.59. The van der Waals surface area contributed by atoms with Gasteiger partial charge in [-0.3, -0.25) is 4.79 Å². The van der Waals surface area contributed by atoms with Gasteiger partial charge < -0.3 is 5.32 Å². The van der Waals surface area contributed by atoms with Gasteiger partial charge in [-0.05, 0) is 51.3 Å². The Kier molecular flexibility index (Phi) is 3.72. The van der Waals surface area contributed by atoms with Gasteiger partial charge in [-0.15, -0.1) is 0 Å². The third kappa shape index (κ3) is 2.92. The Balaban J connectivity index is 1.93. The summed E-state index contributed by atoms with van der Waals surface area (Å²) in [6.07, 6.45) is 3.51. The number of piperidine rings is 1. The number of nitrogens with one attached hydrogen (secondary N) is 1. The lowest BCUT2D eigenvalue weighted by molar-refractivity contribution is 0.328. The van der Waals surface area contributed by atoms with Gasteiger partial charge in [-0.1, -0.05) is 0 Å². The Labute approximate surface area is 95.7 Å². The van der Waals surface area contributed by atoms with Crippen molar-refractivity contribution < 1.29 is 0 Å². The van der Waals surface area contributed by atoms with Gasteiger partial charge in [0.05, 0.1) is 5.69 Å². The third-order valence-corrected chi connectivity index (χ3v) is 3.21. The second-order valence-electron chi connectivity index (χ2n) is 4.52. The average molecular weight is 221 g/mol. The van der Waals surface area contributed by atoms with Crippen molar-refractivity contribution in [2.45, 2.75) is 32.7 Å². The quantitative estimate of drug-likeness (QED) is 0.826. The zero-order valence-electron chi connectivity index (χ0n) is 9.78. The lowest BCUT2D eigenvalue weighted by Crippen LogP contribution is -2.30. The first-order chi connectivity index (χ1) is 7.75. The summed E-state index contributed by atoms with van der Waals surface area (Å²) < 4.78 is 1.59. The summed E-state index contributed by atoms with van der Waals surface area (Å²) >= 11 is 0. The van der Waals surface area contributed by atoms with Gasteiger partial charge in [0.1, 0.15) is 0 Å². The average Bonchev–Trinajstić information content (AvgIpc) is 2.32. The van der Waals surface area contributed by atoms with Crippen molar-refractivity contribution in [3.63, 3.8) is 0 Å². The van der Waals surface area contributed by atoms with Crippen molar-refractivity contribution in [1.29, 1.82) is 0 Å². The van der Waals surface area contributed by atoms with E-state index in [2.05, 4.69) is 10.4 Å². The van der Waals surface area contributed by atoms with Crippen LogP contribution in [0.25, 0.3) is 0 Å². The minimum atomic E-state index is 0.0135. The van der Waals surface area contributed by atoms with Gasteiger partial charge >= 0.3 is 0 Å². The number of rotatable bonds is 3. The molecule has 16 heavy (non-hydrogen) atoms. The first-order valence-corrected chi connectivity index (χ1v) is 6.01. The largest absolute Gasteiger partial charge is 0.317 e. The van der Waals surface area contributed by atoms with Crippen molar-refractivity contribution in [3.8, 4) is 0 Å². The molecule has 4 heteroatoms. The fourth-order valence-electron chi connectivity index (χ4n) is 2.19. The molecule has 0 atom stereocenters. The van der Waals surface area contributed by atoms with E-state index >= 15 is 0 Å². The highest BCUT2D eigenvalue weighted by Crippen LogP contribution is 2.15. The standard InChI is InChI=1S/C12H19N3O/c1-10-2-3-12(16)15(14-10)9-6-11-4-7-13-8-5-11/h2-3,11,13H,4-9H2,1H3. The van der Waals surface area contributed by atoms with Crippen molar-refractivity contribution >= 4 is 0 Å². The Morgan fingerprint density at radius 1 is 1.44 bits per heavy atom. The van der Waals surface area contributed by atoms with Crippen molar-refractivity contribution in [2.24, 2.45) is 5.92 Å². The van der Waals surface area contributed by atoms with Crippen molar-refractivity contribution in [3.05, 3.63) is 28.2 Å². The normalized spacial score (nSPS) is 17.6. The molecular weight excluding hydrogens is 202 g/mol. The number of hydrogen-bond acceptors (Lipinski definition) is 3. The van der Waals surface area contributed by atoms with E-state index in [4.69, 9.17) is 0 Å². The van der Waals surface area contributed by atoms with E-state index in [1.54, 1.807) is 16.8 Å². The first-order valence-electron chi connectivity index (χ1n) is 6.01. The minimum absolute atomic E-state index is 0.0135. The van der Waals surface area contributed by atoms with E-state index in [-0.39, 0.29) is 5.56 Å². The minimum Gasteiger partial charge on any atom is -0.317 e. The third-order valence-electron chi connectivity index (χ3n) is 3.21. The van der Waals surface area contributed by atoms with Gasteiger partial charge in [0.2, 0.25) is 0 Å². The highest BCUT2D eigenvalue weighted by atomic mass is 16.1. The SMILES string of the molecule is Cc1ccc(=O)n(CCC2CCNCC2)n1. The van der Waals surface area contributed by atoms with Crippen LogP contribution in [0.3, 0.4) is 0 Å². The van der Waals surface area contributed by atoms with Crippen LogP contribution in [-0.4, -0.2) is 22.9 Å². The fraction of sp³-hybridized carbons (Fsp3) is 0.667. The van der Waals surface area contributed by atoms with Crippen LogP contribution in [0.5, 0.6) is 0 Å². The molecule has 1 saturated heterocycles. The number of nitrogens with zero attached hydrogens (tertiary/aromatic N) is 2. The van der Waals surface area contributed by atoms with Gasteiger partial charge in [0, 0.05) is 12.6 Å². The second kappa shape index (κ2) is 5.25. The van der Waals surface area contributed by atoms with E-state index in [9.17, 15) is 4.79 Å². The molecule has 1 aromatic heterocycles. The molecule has 0 aromatic carbocycles. The summed E-state index contributed by atoms with van der Waals surface area (Å²) in [4.78, 5) is 11.5. The van der Waals surface area contributed by atoms with E-state index in [1.807, 2.05) is 6.92 Å². The zero-order chi connectivity index (χ0) is 11.4. The van der Waals surface area contributed by atoms with Crippen LogP contribution in [0.4, 0.5) is 0 Å². The highest BCUT2D eigenvalue weighted by Gasteiger charge is 2.13. The predicted octanol–water partition coefficient (Wildman–Crippen LogP) is 0.941. The molecule has 1 aliphatic heterocycles. The summed E-state index contributed by atoms with van der Waals surface area (Å²) in [6.45, 7) is 4.90. The van der Waals surface area contributed by atoms with Crippen LogP contribution in [0.2, 0.25) is 0 Å². The fourth-order valence-corrected chi connectivity index (χ4v) is 2.19. The molecule has 0 bridgehead atoms. The van der Waals surface area contributed by atoms with Gasteiger partial charge in [0.15, 0.2) is 0 Å². The van der Waals surface area contributed by atoms with E-state index < -0.39 is 0 Å². The molecule has 0 amide bonds. The van der Waals surface area contributed by atoms with Crippen molar-refractivity contribution in [2.75, 3.05) is 13.1 Å². The molecule has 0 saturated carbocycles. The van der Waals surface area contributed by atoms with Crippen LogP contribution in [-0.2, 0) is 6.54 Å². The molecule has 0 spiro atoms. The Hall–Kier alpha value is -1.16. The first kappa shape index (κ1) is 11.3. The van der Waals surface area contributed by atoms with Gasteiger partial charge in [-0.2, -0.15) is 5.10 Å². The zero-order valence-corrected chi connectivity index (χ0v) is 9.78. The predicted molar refractivity (Wildman–Crippen MR) is 63.4 cm³/mol. The lowest BCUT2D eigenvalue weighted by atomic mass is 9.95. The number of aromatic nitrogens is 2. The molecule has 88 valence electrons. The van der Waals surface area contributed by atoms with E-state index in [1.165, 1.54) is 12.8 Å². The highest BCUT2D eigenvalue weighted by molar-refractivity contribution is 4.97. The molecular formula is C12H19N3O. The molecule has 1 aromatic rings. The molecule has 1 fully saturated rings. The Morgan fingerprint density at radius 3 is 2.94 bits per heavy atom. The molecule has 2 rings (SSSR count). The van der Waals surface area contributed by atoms with Crippen LogP contribution in [0, 0.1) is 12.8 Å². The summed E-state index contributed by atoms with van der Waals surface area (Å²) in [5.41, 5.74) is 0.921. The van der Waals surface area contributed by atoms with Crippen molar-refractivity contribution in [1.82, 2.24) is 15.1 Å². The summed E-state index contributed by atoms with van der Waals surface area (Å²) in [6, 6.07) is 3.37. The Bertz CT molecular complexity index is 393. The smallest absolute Gasteiger partial charge is 0.266 e. The number of aryl methyl sites for hydroxylation is 2. The van der Waals surface area contributed by atoms with Gasteiger partial charge in [-0.25, -0.2) is 4.68 Å². The topological polar surface area (TPSA) is 46.9 Å². The molecule has 4 nitrogen and oxygen atoms in total. The molecule has 2 heterocycles. The molecule has 0 radical (unpaired) electrons. The van der Waals surface area contributed by atoms with Crippen LogP contribution < -0.4 is 10.9 Å². The van der Waals surface area contributed by atoms with Gasteiger partial charge in [0.25, 0.3) is 5.56 Å².